The number of carbonyl (C=O) groups excluding carboxylic acids is 2. The summed E-state index contributed by atoms with van der Waals surface area (Å²) in [6.45, 7) is 2.03. The fraction of sp³-hybridized carbons (Fsp3) is 0.0938. The number of para-hydroxylation sites is 2. The van der Waals surface area contributed by atoms with Crippen molar-refractivity contribution in [2.24, 2.45) is 0 Å². The molecule has 3 N–H and O–H groups in total. The summed E-state index contributed by atoms with van der Waals surface area (Å²) in [7, 11) is 0. The number of aromatic nitrogens is 1. The fourth-order valence-corrected chi connectivity index (χ4v) is 4.51. The van der Waals surface area contributed by atoms with Crippen LogP contribution in [-0.2, 0) is 0 Å². The molecule has 5 aromatic rings. The molecule has 1 heterocycles. The van der Waals surface area contributed by atoms with Crippen molar-refractivity contribution < 1.29 is 9.59 Å². The van der Waals surface area contributed by atoms with Crippen LogP contribution in [0.2, 0.25) is 0 Å². The highest BCUT2D eigenvalue weighted by Gasteiger charge is 2.25. The van der Waals surface area contributed by atoms with Gasteiger partial charge in [0.25, 0.3) is 5.91 Å². The van der Waals surface area contributed by atoms with Crippen molar-refractivity contribution in [3.63, 3.8) is 0 Å². The van der Waals surface area contributed by atoms with E-state index >= 15 is 0 Å². The van der Waals surface area contributed by atoms with E-state index in [2.05, 4.69) is 16.0 Å². The molecule has 6 heteroatoms. The summed E-state index contributed by atoms with van der Waals surface area (Å²) in [6, 6.07) is 35.4. The van der Waals surface area contributed by atoms with Gasteiger partial charge >= 0.3 is 6.03 Å². The third-order valence-electron chi connectivity index (χ3n) is 6.35. The van der Waals surface area contributed by atoms with Gasteiger partial charge in [0.1, 0.15) is 0 Å². The first kappa shape index (κ1) is 24.7. The maximum Gasteiger partial charge on any atom is 0.323 e. The summed E-state index contributed by atoms with van der Waals surface area (Å²) in [5.41, 5.74) is 4.35. The van der Waals surface area contributed by atoms with Gasteiger partial charge in [0, 0.05) is 16.6 Å². The van der Waals surface area contributed by atoms with E-state index in [0.717, 1.165) is 11.1 Å². The lowest BCUT2D eigenvalue weighted by atomic mass is 9.99. The van der Waals surface area contributed by atoms with Gasteiger partial charge in [-0.05, 0) is 30.2 Å². The lowest BCUT2D eigenvalue weighted by molar-refractivity contribution is 0.0938. The molecule has 5 rings (SSSR count). The van der Waals surface area contributed by atoms with Gasteiger partial charge in [-0.3, -0.25) is 4.79 Å². The van der Waals surface area contributed by atoms with Crippen LogP contribution in [0.3, 0.4) is 0 Å². The predicted octanol–water partition coefficient (Wildman–Crippen LogP) is 7.43. The quantitative estimate of drug-likeness (QED) is 0.217. The highest BCUT2D eigenvalue weighted by Crippen LogP contribution is 2.35. The zero-order valence-electron chi connectivity index (χ0n) is 21.0. The van der Waals surface area contributed by atoms with Crippen LogP contribution in [0.5, 0.6) is 0 Å². The molecule has 1 atom stereocenters. The van der Waals surface area contributed by atoms with E-state index in [4.69, 9.17) is 4.98 Å². The Balaban J connectivity index is 1.63. The van der Waals surface area contributed by atoms with E-state index < -0.39 is 6.03 Å². The SMILES string of the molecule is CC[C@H](NC(=O)c1c(NC(=O)Nc2ccccc2)c(-c2ccccc2)nc2ccccc12)c1ccccc1. The van der Waals surface area contributed by atoms with Crippen molar-refractivity contribution in [1.82, 2.24) is 10.3 Å². The summed E-state index contributed by atoms with van der Waals surface area (Å²) < 4.78 is 0. The molecule has 188 valence electrons. The second-order valence-corrected chi connectivity index (χ2v) is 8.88. The zero-order chi connectivity index (χ0) is 26.3. The predicted molar refractivity (Wildman–Crippen MR) is 153 cm³/mol. The number of benzene rings is 4. The summed E-state index contributed by atoms with van der Waals surface area (Å²) in [5, 5.41) is 9.66. The summed E-state index contributed by atoms with van der Waals surface area (Å²) in [4.78, 5) is 32.1. The van der Waals surface area contributed by atoms with Crippen LogP contribution < -0.4 is 16.0 Å². The molecule has 1 aromatic heterocycles. The lowest BCUT2D eigenvalue weighted by Gasteiger charge is -2.21. The van der Waals surface area contributed by atoms with Gasteiger partial charge in [0.15, 0.2) is 0 Å². The molecule has 0 bridgehead atoms. The molecule has 0 spiro atoms. The Morgan fingerprint density at radius 2 is 1.34 bits per heavy atom. The van der Waals surface area contributed by atoms with Crippen molar-refractivity contribution >= 4 is 34.2 Å². The molecule has 6 nitrogen and oxygen atoms in total. The lowest BCUT2D eigenvalue weighted by Crippen LogP contribution is -2.30. The number of hydrogen-bond acceptors (Lipinski definition) is 3. The second-order valence-electron chi connectivity index (χ2n) is 8.88. The maximum atomic E-state index is 14.0. The maximum absolute atomic E-state index is 14.0. The van der Waals surface area contributed by atoms with Crippen LogP contribution in [-0.4, -0.2) is 16.9 Å². The molecule has 0 aliphatic rings. The van der Waals surface area contributed by atoms with Gasteiger partial charge in [-0.1, -0.05) is 104 Å². The molecular weight excluding hydrogens is 472 g/mol. The summed E-state index contributed by atoms with van der Waals surface area (Å²) in [6.07, 6.45) is 0.710. The third kappa shape index (κ3) is 5.39. The van der Waals surface area contributed by atoms with Crippen LogP contribution in [0.25, 0.3) is 22.2 Å². The average molecular weight is 501 g/mol. The third-order valence-corrected chi connectivity index (χ3v) is 6.35. The highest BCUT2D eigenvalue weighted by atomic mass is 16.2. The van der Waals surface area contributed by atoms with Crippen LogP contribution in [0.15, 0.2) is 115 Å². The number of carbonyl (C=O) groups is 2. The monoisotopic (exact) mass is 500 g/mol. The van der Waals surface area contributed by atoms with Crippen LogP contribution in [0.4, 0.5) is 16.2 Å². The number of rotatable bonds is 7. The van der Waals surface area contributed by atoms with Crippen LogP contribution in [0.1, 0.15) is 35.3 Å². The Hall–Kier alpha value is -4.97. The molecule has 0 radical (unpaired) electrons. The minimum atomic E-state index is -0.463. The van der Waals surface area contributed by atoms with Crippen LogP contribution in [0, 0.1) is 0 Å². The van der Waals surface area contributed by atoms with Crippen molar-refractivity contribution in [2.45, 2.75) is 19.4 Å². The van der Waals surface area contributed by atoms with E-state index in [-0.39, 0.29) is 11.9 Å². The second kappa shape index (κ2) is 11.4. The number of amides is 3. The van der Waals surface area contributed by atoms with E-state index in [1.807, 2.05) is 110 Å². The normalized spacial score (nSPS) is 11.5. The molecular formula is C32H28N4O2. The number of nitrogens with one attached hydrogen (secondary N) is 3. The van der Waals surface area contributed by atoms with Gasteiger partial charge in [0.05, 0.1) is 28.5 Å². The van der Waals surface area contributed by atoms with Crippen molar-refractivity contribution in [1.29, 1.82) is 0 Å². The fourth-order valence-electron chi connectivity index (χ4n) is 4.51. The molecule has 0 aliphatic carbocycles. The first-order valence-electron chi connectivity index (χ1n) is 12.6. The minimum absolute atomic E-state index is 0.193. The number of pyridine rings is 1. The number of fused-ring (bicyclic) bond motifs is 1. The Labute approximate surface area is 221 Å². The number of hydrogen-bond donors (Lipinski definition) is 3. The molecule has 0 fully saturated rings. The largest absolute Gasteiger partial charge is 0.345 e. The molecule has 38 heavy (non-hydrogen) atoms. The van der Waals surface area contributed by atoms with Gasteiger partial charge < -0.3 is 16.0 Å². The van der Waals surface area contributed by atoms with Gasteiger partial charge in [-0.25, -0.2) is 9.78 Å². The van der Waals surface area contributed by atoms with E-state index in [1.54, 1.807) is 12.1 Å². The van der Waals surface area contributed by atoms with Gasteiger partial charge in [-0.2, -0.15) is 0 Å². The topological polar surface area (TPSA) is 83.1 Å². The highest BCUT2D eigenvalue weighted by molar-refractivity contribution is 6.16. The average Bonchev–Trinajstić information content (AvgIpc) is 2.96. The molecule has 0 unspecified atom stereocenters. The first-order valence-corrected chi connectivity index (χ1v) is 12.6. The Morgan fingerprint density at radius 1 is 0.737 bits per heavy atom. The van der Waals surface area contributed by atoms with Crippen molar-refractivity contribution in [2.75, 3.05) is 10.6 Å². The minimum Gasteiger partial charge on any atom is -0.345 e. The molecule has 3 amide bonds. The molecule has 0 saturated heterocycles. The van der Waals surface area contributed by atoms with E-state index in [9.17, 15) is 9.59 Å². The smallest absolute Gasteiger partial charge is 0.323 e. The van der Waals surface area contributed by atoms with Gasteiger partial charge in [-0.15, -0.1) is 0 Å². The van der Waals surface area contributed by atoms with Crippen LogP contribution >= 0.6 is 0 Å². The zero-order valence-corrected chi connectivity index (χ0v) is 21.0. The van der Waals surface area contributed by atoms with E-state index in [0.29, 0.717) is 40.0 Å². The van der Waals surface area contributed by atoms with Crippen molar-refractivity contribution in [3.05, 3.63) is 126 Å². The number of nitrogens with zero attached hydrogens (tertiary/aromatic N) is 1. The number of urea groups is 1. The summed E-state index contributed by atoms with van der Waals surface area (Å²) >= 11 is 0. The number of anilines is 2. The summed E-state index contributed by atoms with van der Waals surface area (Å²) in [5.74, 6) is -0.286. The molecule has 0 saturated carbocycles. The molecule has 0 aliphatic heterocycles. The Morgan fingerprint density at radius 3 is 2.03 bits per heavy atom. The van der Waals surface area contributed by atoms with E-state index in [1.165, 1.54) is 0 Å². The Bertz CT molecular complexity index is 1550. The molecule has 4 aromatic carbocycles. The standard InChI is InChI=1S/C32H28N4O2/c1-2-26(22-14-6-3-7-15-22)35-31(37)28-25-20-12-13-21-27(25)34-29(23-16-8-4-9-17-23)30(28)36-32(38)33-24-18-10-5-11-19-24/h3-21,26H,2H2,1H3,(H,35,37)(H2,33,36,38)/t26-/m0/s1. The first-order chi connectivity index (χ1) is 18.6. The van der Waals surface area contributed by atoms with Crippen molar-refractivity contribution in [3.8, 4) is 11.3 Å². The Kier molecular flexibility index (Phi) is 7.41. The van der Waals surface area contributed by atoms with Gasteiger partial charge in [0.2, 0.25) is 0 Å².